The van der Waals surface area contributed by atoms with Crippen molar-refractivity contribution in [3.8, 4) is 0 Å². The molecule has 12 heavy (non-hydrogen) atoms. The van der Waals surface area contributed by atoms with Gasteiger partial charge in [-0.3, -0.25) is 4.99 Å². The maximum absolute atomic E-state index is 13.2. The van der Waals surface area contributed by atoms with Gasteiger partial charge in [0.05, 0.1) is 11.3 Å². The number of rotatable bonds is 1. The van der Waals surface area contributed by atoms with E-state index in [-0.39, 0.29) is 11.3 Å². The van der Waals surface area contributed by atoms with Crippen molar-refractivity contribution in [1.29, 1.82) is 0 Å². The first-order valence-electron chi connectivity index (χ1n) is 3.42. The number of aliphatic imine (C=N–C) groups is 1. The Morgan fingerprint density at radius 1 is 1.33 bits per heavy atom. The Bertz CT molecular complexity index is 320. The predicted molar refractivity (Wildman–Crippen MR) is 48.7 cm³/mol. The molecule has 0 amide bonds. The second kappa shape index (κ2) is 3.21. The van der Waals surface area contributed by atoms with Crippen molar-refractivity contribution < 1.29 is 4.39 Å². The van der Waals surface area contributed by atoms with Crippen molar-refractivity contribution in [1.82, 2.24) is 0 Å². The standard InChI is InChI=1S/C8H10FN3/c1-12-4-5-6(10)2-3-7(11)8(5)9/h2-4H,10-11H2,1H3. The molecule has 0 aliphatic carbocycles. The zero-order valence-corrected chi connectivity index (χ0v) is 6.71. The Morgan fingerprint density at radius 2 is 1.92 bits per heavy atom. The van der Waals surface area contributed by atoms with E-state index in [1.54, 1.807) is 13.1 Å². The Kier molecular flexibility index (Phi) is 2.28. The monoisotopic (exact) mass is 167 g/mol. The van der Waals surface area contributed by atoms with E-state index in [2.05, 4.69) is 4.99 Å². The van der Waals surface area contributed by atoms with Gasteiger partial charge in [-0.05, 0) is 12.1 Å². The number of hydrogen-bond donors (Lipinski definition) is 2. The third kappa shape index (κ3) is 1.37. The van der Waals surface area contributed by atoms with E-state index >= 15 is 0 Å². The average molecular weight is 167 g/mol. The van der Waals surface area contributed by atoms with E-state index < -0.39 is 5.82 Å². The Labute approximate surface area is 69.9 Å². The normalized spacial score (nSPS) is 10.8. The molecule has 0 saturated heterocycles. The smallest absolute Gasteiger partial charge is 0.156 e. The third-order valence-corrected chi connectivity index (χ3v) is 1.50. The van der Waals surface area contributed by atoms with Crippen molar-refractivity contribution in [3.05, 3.63) is 23.5 Å². The number of halogens is 1. The minimum atomic E-state index is -0.513. The van der Waals surface area contributed by atoms with Gasteiger partial charge >= 0.3 is 0 Å². The summed E-state index contributed by atoms with van der Waals surface area (Å²) in [6, 6.07) is 2.98. The molecule has 0 radical (unpaired) electrons. The molecule has 3 nitrogen and oxygen atoms in total. The van der Waals surface area contributed by atoms with E-state index in [4.69, 9.17) is 11.5 Å². The molecule has 4 N–H and O–H groups in total. The maximum atomic E-state index is 13.2. The quantitative estimate of drug-likeness (QED) is 0.484. The summed E-state index contributed by atoms with van der Waals surface area (Å²) >= 11 is 0. The molecule has 0 bridgehead atoms. The number of benzene rings is 1. The van der Waals surface area contributed by atoms with Gasteiger partial charge in [0.15, 0.2) is 5.82 Å². The predicted octanol–water partition coefficient (Wildman–Crippen LogP) is 1.04. The molecule has 0 spiro atoms. The summed E-state index contributed by atoms with van der Waals surface area (Å²) in [6.07, 6.45) is 1.35. The van der Waals surface area contributed by atoms with Gasteiger partial charge < -0.3 is 11.5 Å². The van der Waals surface area contributed by atoms with Crippen LogP contribution in [0.3, 0.4) is 0 Å². The van der Waals surface area contributed by atoms with E-state index in [1.807, 2.05) is 0 Å². The van der Waals surface area contributed by atoms with Crippen LogP contribution in [0.25, 0.3) is 0 Å². The Morgan fingerprint density at radius 3 is 2.50 bits per heavy atom. The van der Waals surface area contributed by atoms with Crippen LogP contribution in [0.1, 0.15) is 5.56 Å². The molecule has 64 valence electrons. The van der Waals surface area contributed by atoms with Gasteiger partial charge in [-0.1, -0.05) is 0 Å². The van der Waals surface area contributed by atoms with Gasteiger partial charge in [0, 0.05) is 18.9 Å². The minimum absolute atomic E-state index is 0.0825. The van der Waals surface area contributed by atoms with Crippen LogP contribution in [-0.4, -0.2) is 13.3 Å². The number of nitrogens with zero attached hydrogens (tertiary/aromatic N) is 1. The molecule has 0 aliphatic rings. The van der Waals surface area contributed by atoms with E-state index in [0.29, 0.717) is 5.69 Å². The Hall–Kier alpha value is -1.58. The number of hydrogen-bond acceptors (Lipinski definition) is 3. The molecule has 0 saturated carbocycles. The van der Waals surface area contributed by atoms with Crippen molar-refractivity contribution in [3.63, 3.8) is 0 Å². The number of anilines is 2. The first kappa shape index (κ1) is 8.52. The van der Waals surface area contributed by atoms with Crippen LogP contribution in [0.15, 0.2) is 17.1 Å². The molecule has 0 heterocycles. The molecule has 0 aromatic heterocycles. The summed E-state index contributed by atoms with van der Waals surface area (Å²) in [5.41, 5.74) is 11.5. The summed E-state index contributed by atoms with van der Waals surface area (Å²) in [4.78, 5) is 3.67. The van der Waals surface area contributed by atoms with Crippen LogP contribution in [-0.2, 0) is 0 Å². The van der Waals surface area contributed by atoms with Crippen molar-refractivity contribution >= 4 is 17.6 Å². The second-order valence-electron chi connectivity index (χ2n) is 2.36. The third-order valence-electron chi connectivity index (χ3n) is 1.50. The van der Waals surface area contributed by atoms with Gasteiger partial charge in [0.2, 0.25) is 0 Å². The molecule has 0 aliphatic heterocycles. The van der Waals surface area contributed by atoms with Gasteiger partial charge in [-0.15, -0.1) is 0 Å². The fourth-order valence-corrected chi connectivity index (χ4v) is 0.885. The van der Waals surface area contributed by atoms with Crippen LogP contribution in [0.4, 0.5) is 15.8 Å². The lowest BCUT2D eigenvalue weighted by atomic mass is 10.1. The van der Waals surface area contributed by atoms with Crippen LogP contribution in [0.5, 0.6) is 0 Å². The highest BCUT2D eigenvalue weighted by Crippen LogP contribution is 2.19. The molecular formula is C8H10FN3. The highest BCUT2D eigenvalue weighted by molar-refractivity contribution is 5.88. The number of nitrogen functional groups attached to an aromatic ring is 2. The minimum Gasteiger partial charge on any atom is -0.398 e. The highest BCUT2D eigenvalue weighted by Gasteiger charge is 2.06. The van der Waals surface area contributed by atoms with Crippen LogP contribution in [0.2, 0.25) is 0 Å². The first-order chi connectivity index (χ1) is 5.66. The zero-order valence-electron chi connectivity index (χ0n) is 6.71. The van der Waals surface area contributed by atoms with Gasteiger partial charge in [-0.25, -0.2) is 4.39 Å². The molecule has 4 heteroatoms. The molecule has 1 aromatic carbocycles. The van der Waals surface area contributed by atoms with E-state index in [1.165, 1.54) is 12.3 Å². The summed E-state index contributed by atoms with van der Waals surface area (Å²) in [7, 11) is 1.54. The topological polar surface area (TPSA) is 64.4 Å². The fraction of sp³-hybridized carbons (Fsp3) is 0.125. The zero-order chi connectivity index (χ0) is 9.14. The highest BCUT2D eigenvalue weighted by atomic mass is 19.1. The summed E-state index contributed by atoms with van der Waals surface area (Å²) in [5.74, 6) is -0.513. The first-order valence-corrected chi connectivity index (χ1v) is 3.42. The Balaban J connectivity index is 3.32. The fourth-order valence-electron chi connectivity index (χ4n) is 0.885. The average Bonchev–Trinajstić information content (AvgIpc) is 2.06. The van der Waals surface area contributed by atoms with E-state index in [9.17, 15) is 4.39 Å². The molecule has 0 atom stereocenters. The van der Waals surface area contributed by atoms with Gasteiger partial charge in [0.25, 0.3) is 0 Å². The summed E-state index contributed by atoms with van der Waals surface area (Å²) in [5, 5.41) is 0. The molecular weight excluding hydrogens is 157 g/mol. The second-order valence-corrected chi connectivity index (χ2v) is 2.36. The summed E-state index contributed by atoms with van der Waals surface area (Å²) < 4.78 is 13.2. The van der Waals surface area contributed by atoms with Gasteiger partial charge in [0.1, 0.15) is 0 Å². The lowest BCUT2D eigenvalue weighted by molar-refractivity contribution is 0.631. The van der Waals surface area contributed by atoms with Crippen LogP contribution >= 0.6 is 0 Å². The molecule has 1 rings (SSSR count). The molecule has 0 unspecified atom stereocenters. The van der Waals surface area contributed by atoms with Crippen LogP contribution in [0, 0.1) is 5.82 Å². The maximum Gasteiger partial charge on any atom is 0.156 e. The summed E-state index contributed by atoms with van der Waals surface area (Å²) in [6.45, 7) is 0. The van der Waals surface area contributed by atoms with Crippen molar-refractivity contribution in [2.75, 3.05) is 18.5 Å². The SMILES string of the molecule is CN=Cc1c(N)ccc(N)c1F. The number of nitrogens with two attached hydrogens (primary N) is 2. The van der Waals surface area contributed by atoms with Crippen molar-refractivity contribution in [2.45, 2.75) is 0 Å². The lowest BCUT2D eigenvalue weighted by Gasteiger charge is -2.03. The molecule has 0 fully saturated rings. The largest absolute Gasteiger partial charge is 0.398 e. The molecule has 1 aromatic rings. The van der Waals surface area contributed by atoms with E-state index in [0.717, 1.165) is 0 Å². The van der Waals surface area contributed by atoms with Crippen molar-refractivity contribution in [2.24, 2.45) is 4.99 Å². The van der Waals surface area contributed by atoms with Crippen LogP contribution < -0.4 is 11.5 Å². The van der Waals surface area contributed by atoms with Gasteiger partial charge in [-0.2, -0.15) is 0 Å². The lowest BCUT2D eigenvalue weighted by Crippen LogP contribution is -2.01.